The summed E-state index contributed by atoms with van der Waals surface area (Å²) in [7, 11) is 0. The van der Waals surface area contributed by atoms with Crippen LogP contribution in [0.4, 0.5) is 4.79 Å². The Morgan fingerprint density at radius 1 is 1.38 bits per heavy atom. The standard InChI is InChI=1S/C13H22ClN3O4/c1-9(2)17-8-10(7-11(17)18)12(19)15-4-5-16-13(20)21-6-3-14/h9-10H,3-8H2,1-2H3,(H,15,19)(H,16,20). The number of halogens is 1. The summed E-state index contributed by atoms with van der Waals surface area (Å²) in [6.45, 7) is 5.01. The highest BCUT2D eigenvalue weighted by Gasteiger charge is 2.35. The average Bonchev–Trinajstić information content (AvgIpc) is 2.83. The van der Waals surface area contributed by atoms with E-state index in [-0.39, 0.29) is 49.2 Å². The summed E-state index contributed by atoms with van der Waals surface area (Å²) in [5.41, 5.74) is 0. The van der Waals surface area contributed by atoms with Gasteiger partial charge in [-0.3, -0.25) is 9.59 Å². The summed E-state index contributed by atoms with van der Waals surface area (Å²) >= 11 is 5.37. The van der Waals surface area contributed by atoms with Crippen LogP contribution in [0.3, 0.4) is 0 Å². The minimum atomic E-state index is -0.563. The fourth-order valence-corrected chi connectivity index (χ4v) is 2.16. The molecule has 0 aromatic carbocycles. The molecule has 0 bridgehead atoms. The lowest BCUT2D eigenvalue weighted by atomic mass is 10.1. The molecule has 8 heteroatoms. The zero-order valence-electron chi connectivity index (χ0n) is 12.4. The first kappa shape index (κ1) is 17.6. The van der Waals surface area contributed by atoms with Crippen molar-refractivity contribution in [2.45, 2.75) is 26.3 Å². The van der Waals surface area contributed by atoms with Gasteiger partial charge in [-0.1, -0.05) is 0 Å². The van der Waals surface area contributed by atoms with Crippen LogP contribution in [0, 0.1) is 5.92 Å². The molecular formula is C13H22ClN3O4. The van der Waals surface area contributed by atoms with Crippen molar-refractivity contribution < 1.29 is 19.1 Å². The maximum Gasteiger partial charge on any atom is 0.407 e. The molecule has 0 spiro atoms. The second kappa shape index (κ2) is 8.71. The Labute approximate surface area is 129 Å². The highest BCUT2D eigenvalue weighted by atomic mass is 35.5. The van der Waals surface area contributed by atoms with E-state index in [1.165, 1.54) is 0 Å². The maximum absolute atomic E-state index is 11.9. The van der Waals surface area contributed by atoms with E-state index in [2.05, 4.69) is 10.6 Å². The first-order valence-corrected chi connectivity index (χ1v) is 7.53. The second-order valence-corrected chi connectivity index (χ2v) is 5.46. The lowest BCUT2D eigenvalue weighted by Gasteiger charge is -2.20. The molecule has 0 aliphatic carbocycles. The Balaban J connectivity index is 2.20. The Bertz CT molecular complexity index is 390. The zero-order valence-corrected chi connectivity index (χ0v) is 13.1. The van der Waals surface area contributed by atoms with Crippen LogP contribution in [0.1, 0.15) is 20.3 Å². The van der Waals surface area contributed by atoms with E-state index in [9.17, 15) is 14.4 Å². The van der Waals surface area contributed by atoms with Crippen LogP contribution in [-0.4, -0.2) is 61.0 Å². The predicted octanol–water partition coefficient (Wildman–Crippen LogP) is 0.325. The Morgan fingerprint density at radius 2 is 2.05 bits per heavy atom. The Kier molecular flexibility index (Phi) is 7.28. The van der Waals surface area contributed by atoms with E-state index in [4.69, 9.17) is 16.3 Å². The van der Waals surface area contributed by atoms with Crippen LogP contribution >= 0.6 is 11.6 Å². The van der Waals surface area contributed by atoms with E-state index >= 15 is 0 Å². The molecule has 1 heterocycles. The van der Waals surface area contributed by atoms with Crippen molar-refractivity contribution in [3.63, 3.8) is 0 Å². The van der Waals surface area contributed by atoms with Gasteiger partial charge in [-0.15, -0.1) is 11.6 Å². The largest absolute Gasteiger partial charge is 0.448 e. The molecule has 1 atom stereocenters. The monoisotopic (exact) mass is 319 g/mol. The number of amides is 3. The van der Waals surface area contributed by atoms with Crippen molar-refractivity contribution in [2.24, 2.45) is 5.92 Å². The van der Waals surface area contributed by atoms with Crippen molar-refractivity contribution in [3.05, 3.63) is 0 Å². The van der Waals surface area contributed by atoms with Crippen LogP contribution in [0.25, 0.3) is 0 Å². The van der Waals surface area contributed by atoms with Crippen molar-refractivity contribution in [2.75, 3.05) is 32.1 Å². The van der Waals surface area contributed by atoms with E-state index in [1.54, 1.807) is 4.90 Å². The number of hydrogen-bond donors (Lipinski definition) is 2. The van der Waals surface area contributed by atoms with Crippen molar-refractivity contribution in [1.29, 1.82) is 0 Å². The molecule has 2 N–H and O–H groups in total. The molecule has 1 aliphatic heterocycles. The molecule has 1 saturated heterocycles. The van der Waals surface area contributed by atoms with Crippen molar-refractivity contribution >= 4 is 29.5 Å². The number of nitrogens with one attached hydrogen (secondary N) is 2. The molecule has 1 aliphatic rings. The van der Waals surface area contributed by atoms with Crippen LogP contribution in [-0.2, 0) is 14.3 Å². The fourth-order valence-electron chi connectivity index (χ4n) is 2.08. The van der Waals surface area contributed by atoms with Gasteiger partial charge in [0.15, 0.2) is 0 Å². The normalized spacial score (nSPS) is 18.0. The number of alkyl halides is 1. The van der Waals surface area contributed by atoms with Crippen LogP contribution in [0.5, 0.6) is 0 Å². The van der Waals surface area contributed by atoms with Crippen molar-refractivity contribution in [1.82, 2.24) is 15.5 Å². The summed E-state index contributed by atoms with van der Waals surface area (Å²) in [5.74, 6) is -0.231. The number of rotatable bonds is 7. The zero-order chi connectivity index (χ0) is 15.8. The number of carbonyl (C=O) groups excluding carboxylic acids is 3. The predicted molar refractivity (Wildman–Crippen MR) is 78.0 cm³/mol. The molecule has 120 valence electrons. The topological polar surface area (TPSA) is 87.7 Å². The Hall–Kier alpha value is -1.50. The van der Waals surface area contributed by atoms with Gasteiger partial charge in [0.25, 0.3) is 0 Å². The summed E-state index contributed by atoms with van der Waals surface area (Å²) in [6.07, 6.45) is -0.318. The maximum atomic E-state index is 11.9. The van der Waals surface area contributed by atoms with E-state index in [0.29, 0.717) is 13.1 Å². The van der Waals surface area contributed by atoms with E-state index in [1.807, 2.05) is 13.8 Å². The molecule has 7 nitrogen and oxygen atoms in total. The highest BCUT2D eigenvalue weighted by Crippen LogP contribution is 2.19. The smallest absolute Gasteiger partial charge is 0.407 e. The quantitative estimate of drug-likeness (QED) is 0.523. The van der Waals surface area contributed by atoms with Crippen LogP contribution in [0.2, 0.25) is 0 Å². The molecular weight excluding hydrogens is 298 g/mol. The number of carbonyl (C=O) groups is 3. The lowest BCUT2D eigenvalue weighted by molar-refractivity contribution is -0.129. The highest BCUT2D eigenvalue weighted by molar-refractivity contribution is 6.18. The molecule has 0 aromatic rings. The third kappa shape index (κ3) is 5.79. The van der Waals surface area contributed by atoms with Gasteiger partial charge in [-0.05, 0) is 13.8 Å². The summed E-state index contributed by atoms with van der Waals surface area (Å²) in [5, 5.41) is 5.19. The number of likely N-dealkylation sites (tertiary alicyclic amines) is 1. The van der Waals surface area contributed by atoms with Gasteiger partial charge >= 0.3 is 6.09 Å². The Morgan fingerprint density at radius 3 is 2.62 bits per heavy atom. The third-order valence-electron chi connectivity index (χ3n) is 3.16. The molecule has 3 amide bonds. The van der Waals surface area contributed by atoms with E-state index < -0.39 is 6.09 Å². The van der Waals surface area contributed by atoms with Crippen molar-refractivity contribution in [3.8, 4) is 0 Å². The summed E-state index contributed by atoms with van der Waals surface area (Å²) in [6, 6.07) is 0.105. The van der Waals surface area contributed by atoms with Crippen LogP contribution < -0.4 is 10.6 Å². The van der Waals surface area contributed by atoms with Gasteiger partial charge in [0.05, 0.1) is 11.8 Å². The molecule has 1 rings (SSSR count). The third-order valence-corrected chi connectivity index (χ3v) is 3.31. The summed E-state index contributed by atoms with van der Waals surface area (Å²) < 4.78 is 4.71. The van der Waals surface area contributed by atoms with Gasteiger partial charge < -0.3 is 20.3 Å². The van der Waals surface area contributed by atoms with Gasteiger partial charge in [-0.2, -0.15) is 0 Å². The van der Waals surface area contributed by atoms with E-state index in [0.717, 1.165) is 0 Å². The fraction of sp³-hybridized carbons (Fsp3) is 0.769. The van der Waals surface area contributed by atoms with Gasteiger partial charge in [0.2, 0.25) is 11.8 Å². The molecule has 0 saturated carbocycles. The minimum Gasteiger partial charge on any atom is -0.448 e. The molecule has 21 heavy (non-hydrogen) atoms. The summed E-state index contributed by atoms with van der Waals surface area (Å²) in [4.78, 5) is 36.4. The minimum absolute atomic E-state index is 0.00734. The van der Waals surface area contributed by atoms with Crippen LogP contribution in [0.15, 0.2) is 0 Å². The lowest BCUT2D eigenvalue weighted by Crippen LogP contribution is -2.39. The molecule has 1 unspecified atom stereocenters. The number of hydrogen-bond acceptors (Lipinski definition) is 4. The van der Waals surface area contributed by atoms with Gasteiger partial charge in [0.1, 0.15) is 6.61 Å². The SMILES string of the molecule is CC(C)N1CC(C(=O)NCCNC(=O)OCCCl)CC1=O. The number of ether oxygens (including phenoxy) is 1. The average molecular weight is 320 g/mol. The molecule has 0 radical (unpaired) electrons. The molecule has 0 aromatic heterocycles. The van der Waals surface area contributed by atoms with Gasteiger partial charge in [-0.25, -0.2) is 4.79 Å². The number of alkyl carbamates (subject to hydrolysis) is 1. The second-order valence-electron chi connectivity index (χ2n) is 5.08. The first-order chi connectivity index (χ1) is 9.95. The van der Waals surface area contributed by atoms with Gasteiger partial charge in [0, 0.05) is 32.1 Å². The molecule has 1 fully saturated rings. The first-order valence-electron chi connectivity index (χ1n) is 6.99. The number of nitrogens with zero attached hydrogens (tertiary/aromatic N) is 1.